The lowest BCUT2D eigenvalue weighted by Gasteiger charge is -2.05. The van der Waals surface area contributed by atoms with Crippen LogP contribution in [0.5, 0.6) is 11.5 Å². The van der Waals surface area contributed by atoms with Gasteiger partial charge >= 0.3 is 5.97 Å². The second kappa shape index (κ2) is 4.46. The van der Waals surface area contributed by atoms with E-state index in [4.69, 9.17) is 4.74 Å². The molecule has 0 fully saturated rings. The smallest absolute Gasteiger partial charge is 0.308 e. The van der Waals surface area contributed by atoms with Crippen molar-refractivity contribution in [3.8, 4) is 11.5 Å². The number of rotatable bonds is 3. The molecule has 3 nitrogen and oxygen atoms in total. The highest BCUT2D eigenvalue weighted by molar-refractivity contribution is 5.70. The van der Waals surface area contributed by atoms with Crippen LogP contribution in [0, 0.1) is 0 Å². The van der Waals surface area contributed by atoms with Crippen molar-refractivity contribution in [3.63, 3.8) is 0 Å². The van der Waals surface area contributed by atoms with Crippen LogP contribution in [-0.2, 0) is 11.2 Å². The first-order valence-corrected chi connectivity index (χ1v) is 4.24. The Morgan fingerprint density at radius 2 is 2.36 bits per heavy atom. The van der Waals surface area contributed by atoms with Gasteiger partial charge in [0.15, 0.2) is 11.5 Å². The van der Waals surface area contributed by atoms with Gasteiger partial charge in [-0.3, -0.25) is 4.79 Å². The van der Waals surface area contributed by atoms with Crippen molar-refractivity contribution in [2.75, 3.05) is 0 Å². The molecule has 0 amide bonds. The highest BCUT2D eigenvalue weighted by Crippen LogP contribution is 2.27. The molecular weight excluding hydrogens is 180 g/mol. The van der Waals surface area contributed by atoms with Crippen molar-refractivity contribution in [1.82, 2.24) is 0 Å². The van der Waals surface area contributed by atoms with Gasteiger partial charge in [-0.1, -0.05) is 12.1 Å². The number of aromatic hydroxyl groups is 1. The van der Waals surface area contributed by atoms with Crippen LogP contribution in [0.3, 0.4) is 0 Å². The summed E-state index contributed by atoms with van der Waals surface area (Å²) in [5, 5.41) is 9.35. The molecule has 0 saturated heterocycles. The number of hydrogen-bond acceptors (Lipinski definition) is 3. The molecule has 0 aliphatic carbocycles. The zero-order valence-electron chi connectivity index (χ0n) is 7.99. The van der Waals surface area contributed by atoms with Crippen molar-refractivity contribution in [2.24, 2.45) is 0 Å². The minimum Gasteiger partial charge on any atom is -0.504 e. The van der Waals surface area contributed by atoms with Crippen LogP contribution in [0.25, 0.3) is 0 Å². The lowest BCUT2D eigenvalue weighted by Crippen LogP contribution is -2.01. The van der Waals surface area contributed by atoms with Gasteiger partial charge in [-0.25, -0.2) is 0 Å². The summed E-state index contributed by atoms with van der Waals surface area (Å²) in [5.41, 5.74) is 0.939. The van der Waals surface area contributed by atoms with Crippen molar-refractivity contribution in [1.29, 1.82) is 0 Å². The number of carbonyl (C=O) groups is 1. The van der Waals surface area contributed by atoms with Crippen LogP contribution in [0.2, 0.25) is 0 Å². The number of phenolic OH excluding ortho intramolecular Hbond substituents is 1. The minimum absolute atomic E-state index is 0.0342. The Kier molecular flexibility index (Phi) is 3.29. The number of ether oxygens (including phenoxy) is 1. The van der Waals surface area contributed by atoms with Gasteiger partial charge in [0.25, 0.3) is 0 Å². The minimum atomic E-state index is -0.448. The third-order valence-electron chi connectivity index (χ3n) is 1.66. The van der Waals surface area contributed by atoms with Gasteiger partial charge < -0.3 is 9.84 Å². The molecule has 0 aromatic heterocycles. The first-order valence-electron chi connectivity index (χ1n) is 4.24. The van der Waals surface area contributed by atoms with E-state index in [1.165, 1.54) is 13.0 Å². The van der Waals surface area contributed by atoms with Gasteiger partial charge in [-0.15, -0.1) is 6.58 Å². The van der Waals surface area contributed by atoms with E-state index in [1.54, 1.807) is 18.2 Å². The van der Waals surface area contributed by atoms with Crippen molar-refractivity contribution >= 4 is 5.97 Å². The molecule has 0 atom stereocenters. The molecule has 1 aromatic carbocycles. The molecule has 14 heavy (non-hydrogen) atoms. The maximum absolute atomic E-state index is 10.7. The van der Waals surface area contributed by atoms with Crippen molar-refractivity contribution < 1.29 is 14.6 Å². The molecule has 0 bridgehead atoms. The summed E-state index contributed by atoms with van der Waals surface area (Å²) in [7, 11) is 0. The standard InChI is InChI=1S/C11H12O3/c1-3-4-9-5-6-10(13)11(7-9)14-8(2)12/h3,5-7,13H,1,4H2,2H3. The Balaban J connectivity index is 2.95. The number of phenols is 1. The van der Waals surface area contributed by atoms with Gasteiger partial charge in [0.2, 0.25) is 0 Å². The Morgan fingerprint density at radius 1 is 1.64 bits per heavy atom. The second-order valence-corrected chi connectivity index (χ2v) is 2.89. The molecule has 0 saturated carbocycles. The number of allylic oxidation sites excluding steroid dienone is 1. The van der Waals surface area contributed by atoms with E-state index >= 15 is 0 Å². The predicted octanol–water partition coefficient (Wildman–Crippen LogP) is 2.05. The summed E-state index contributed by atoms with van der Waals surface area (Å²) in [6, 6.07) is 4.87. The summed E-state index contributed by atoms with van der Waals surface area (Å²) in [6.45, 7) is 4.89. The molecular formula is C11H12O3. The first kappa shape index (κ1) is 10.3. The zero-order valence-corrected chi connectivity index (χ0v) is 7.99. The van der Waals surface area contributed by atoms with Gasteiger partial charge in [0.05, 0.1) is 0 Å². The van der Waals surface area contributed by atoms with Crippen LogP contribution in [0.1, 0.15) is 12.5 Å². The van der Waals surface area contributed by atoms with Gasteiger partial charge in [0, 0.05) is 6.92 Å². The molecule has 1 rings (SSSR count). The molecule has 0 aliphatic heterocycles. The van der Waals surface area contributed by atoms with E-state index in [0.717, 1.165) is 5.56 Å². The average Bonchev–Trinajstić information content (AvgIpc) is 2.10. The third kappa shape index (κ3) is 2.62. The maximum atomic E-state index is 10.7. The van der Waals surface area contributed by atoms with Gasteiger partial charge in [0.1, 0.15) is 0 Å². The van der Waals surface area contributed by atoms with Crippen molar-refractivity contribution in [2.45, 2.75) is 13.3 Å². The van der Waals surface area contributed by atoms with Gasteiger partial charge in [-0.05, 0) is 24.1 Å². The van der Waals surface area contributed by atoms with Crippen LogP contribution >= 0.6 is 0 Å². The molecule has 0 spiro atoms. The normalized spacial score (nSPS) is 9.50. The molecule has 0 heterocycles. The molecule has 0 radical (unpaired) electrons. The van der Waals surface area contributed by atoms with E-state index in [1.807, 2.05) is 0 Å². The number of benzene rings is 1. The number of carbonyl (C=O) groups excluding carboxylic acids is 1. The summed E-state index contributed by atoms with van der Waals surface area (Å²) in [5.74, 6) is -0.291. The summed E-state index contributed by atoms with van der Waals surface area (Å²) < 4.78 is 4.81. The van der Waals surface area contributed by atoms with E-state index in [-0.39, 0.29) is 11.5 Å². The van der Waals surface area contributed by atoms with E-state index in [9.17, 15) is 9.90 Å². The molecule has 3 heteroatoms. The van der Waals surface area contributed by atoms with Crippen LogP contribution in [-0.4, -0.2) is 11.1 Å². The van der Waals surface area contributed by atoms with E-state index in [2.05, 4.69) is 6.58 Å². The molecule has 74 valence electrons. The SMILES string of the molecule is C=CCc1ccc(O)c(OC(C)=O)c1. The molecule has 1 N–H and O–H groups in total. The van der Waals surface area contributed by atoms with Crippen molar-refractivity contribution in [3.05, 3.63) is 36.4 Å². The van der Waals surface area contributed by atoms with E-state index < -0.39 is 5.97 Å². The predicted molar refractivity (Wildman–Crippen MR) is 53.3 cm³/mol. The second-order valence-electron chi connectivity index (χ2n) is 2.89. The van der Waals surface area contributed by atoms with Crippen LogP contribution < -0.4 is 4.74 Å². The Morgan fingerprint density at radius 3 is 2.93 bits per heavy atom. The Hall–Kier alpha value is -1.77. The van der Waals surface area contributed by atoms with Gasteiger partial charge in [-0.2, -0.15) is 0 Å². The zero-order chi connectivity index (χ0) is 10.6. The first-order chi connectivity index (χ1) is 6.63. The highest BCUT2D eigenvalue weighted by Gasteiger charge is 2.05. The lowest BCUT2D eigenvalue weighted by molar-refractivity contribution is -0.132. The topological polar surface area (TPSA) is 46.5 Å². The fourth-order valence-electron chi connectivity index (χ4n) is 1.09. The Bertz CT molecular complexity index is 356. The number of esters is 1. The monoisotopic (exact) mass is 192 g/mol. The Labute approximate surface area is 82.6 Å². The number of hydrogen-bond donors (Lipinski definition) is 1. The summed E-state index contributed by atoms with van der Waals surface area (Å²) in [4.78, 5) is 10.7. The van der Waals surface area contributed by atoms with Crippen LogP contribution in [0.4, 0.5) is 0 Å². The quantitative estimate of drug-likeness (QED) is 0.453. The lowest BCUT2D eigenvalue weighted by atomic mass is 10.1. The van der Waals surface area contributed by atoms with E-state index in [0.29, 0.717) is 6.42 Å². The maximum Gasteiger partial charge on any atom is 0.308 e. The average molecular weight is 192 g/mol. The fourth-order valence-corrected chi connectivity index (χ4v) is 1.09. The highest BCUT2D eigenvalue weighted by atomic mass is 16.5. The summed E-state index contributed by atoms with van der Waals surface area (Å²) >= 11 is 0. The summed E-state index contributed by atoms with van der Waals surface area (Å²) in [6.07, 6.45) is 2.42. The van der Waals surface area contributed by atoms with Crippen LogP contribution in [0.15, 0.2) is 30.9 Å². The molecule has 0 aliphatic rings. The largest absolute Gasteiger partial charge is 0.504 e. The fraction of sp³-hybridized carbons (Fsp3) is 0.182. The molecule has 0 unspecified atom stereocenters. The molecule has 1 aromatic rings. The third-order valence-corrected chi connectivity index (χ3v) is 1.66.